The van der Waals surface area contributed by atoms with Crippen LogP contribution in [0.1, 0.15) is 13.8 Å². The molecule has 0 aromatic rings. The Morgan fingerprint density at radius 2 is 2.38 bits per heavy atom. The first kappa shape index (κ1) is 5.96. The van der Waals surface area contributed by atoms with Gasteiger partial charge in [0, 0.05) is 5.25 Å². The largest absolute Gasteiger partial charge is 0.127 e. The van der Waals surface area contributed by atoms with Gasteiger partial charge in [0.05, 0.1) is 0 Å². The molecule has 0 nitrogen and oxygen atoms in total. The third-order valence-corrected chi connectivity index (χ3v) is 2.19. The normalized spacial score (nSPS) is 27.8. The molecule has 1 heteroatoms. The van der Waals surface area contributed by atoms with E-state index in [-0.39, 0.29) is 0 Å². The Balaban J connectivity index is 2.58. The first-order valence-electron chi connectivity index (χ1n) is 2.79. The van der Waals surface area contributed by atoms with E-state index in [9.17, 15) is 0 Å². The summed E-state index contributed by atoms with van der Waals surface area (Å²) in [5, 5.41) is 2.88. The molecule has 1 rings (SSSR count). The van der Waals surface area contributed by atoms with E-state index in [0.717, 1.165) is 0 Å². The van der Waals surface area contributed by atoms with Gasteiger partial charge in [0.2, 0.25) is 0 Å². The highest BCUT2D eigenvalue weighted by Crippen LogP contribution is 2.20. The monoisotopic (exact) mass is 126 g/mol. The van der Waals surface area contributed by atoms with Crippen LogP contribution in [0.3, 0.4) is 0 Å². The van der Waals surface area contributed by atoms with Gasteiger partial charge in [-0.3, -0.25) is 0 Å². The van der Waals surface area contributed by atoms with E-state index in [4.69, 9.17) is 0 Å². The fourth-order valence-electron chi connectivity index (χ4n) is 0.587. The Labute approximate surface area is 54.7 Å². The van der Waals surface area contributed by atoms with Gasteiger partial charge in [0.25, 0.3) is 0 Å². The zero-order valence-corrected chi connectivity index (χ0v) is 6.03. The Bertz CT molecular complexity index is 133. The van der Waals surface area contributed by atoms with Crippen molar-refractivity contribution in [3.8, 4) is 0 Å². The van der Waals surface area contributed by atoms with E-state index in [1.165, 1.54) is 5.57 Å². The standard InChI is InChI=1S/C7H10S/c1-6-3-4-7(2)8-5-6/h3-5,7H,1-2H3. The Morgan fingerprint density at radius 3 is 2.75 bits per heavy atom. The van der Waals surface area contributed by atoms with Crippen LogP contribution in [0.15, 0.2) is 23.1 Å². The van der Waals surface area contributed by atoms with E-state index < -0.39 is 0 Å². The van der Waals surface area contributed by atoms with Crippen molar-refractivity contribution in [1.82, 2.24) is 0 Å². The molecule has 1 aliphatic heterocycles. The van der Waals surface area contributed by atoms with Crippen molar-refractivity contribution in [2.45, 2.75) is 19.1 Å². The molecule has 1 unspecified atom stereocenters. The summed E-state index contributed by atoms with van der Waals surface area (Å²) in [6, 6.07) is 0. The lowest BCUT2D eigenvalue weighted by atomic mass is 10.3. The zero-order chi connectivity index (χ0) is 5.98. The van der Waals surface area contributed by atoms with Crippen molar-refractivity contribution >= 4 is 11.8 Å². The molecule has 1 aliphatic rings. The summed E-state index contributed by atoms with van der Waals surface area (Å²) < 4.78 is 0. The topological polar surface area (TPSA) is 0 Å². The van der Waals surface area contributed by atoms with Crippen LogP contribution >= 0.6 is 11.8 Å². The molecule has 1 atom stereocenters. The van der Waals surface area contributed by atoms with Crippen LogP contribution in [0, 0.1) is 0 Å². The van der Waals surface area contributed by atoms with Gasteiger partial charge in [0.15, 0.2) is 0 Å². The van der Waals surface area contributed by atoms with Gasteiger partial charge >= 0.3 is 0 Å². The van der Waals surface area contributed by atoms with Crippen molar-refractivity contribution in [3.63, 3.8) is 0 Å². The Kier molecular flexibility index (Phi) is 1.79. The van der Waals surface area contributed by atoms with Crippen LogP contribution in [0.25, 0.3) is 0 Å². The lowest BCUT2D eigenvalue weighted by Gasteiger charge is -2.06. The third kappa shape index (κ3) is 1.41. The first-order chi connectivity index (χ1) is 3.79. The van der Waals surface area contributed by atoms with Crippen LogP contribution < -0.4 is 0 Å². The first-order valence-corrected chi connectivity index (χ1v) is 3.74. The molecule has 0 N–H and O–H groups in total. The van der Waals surface area contributed by atoms with Gasteiger partial charge in [-0.15, -0.1) is 11.8 Å². The van der Waals surface area contributed by atoms with Gasteiger partial charge < -0.3 is 0 Å². The SMILES string of the molecule is CC1=CSC(C)C=C1. The number of allylic oxidation sites excluding steroid dienone is 2. The Morgan fingerprint density at radius 1 is 1.62 bits per heavy atom. The summed E-state index contributed by atoms with van der Waals surface area (Å²) in [5.74, 6) is 0. The van der Waals surface area contributed by atoms with Gasteiger partial charge in [0.1, 0.15) is 0 Å². The van der Waals surface area contributed by atoms with Crippen molar-refractivity contribution in [2.24, 2.45) is 0 Å². The van der Waals surface area contributed by atoms with E-state index in [1.54, 1.807) is 0 Å². The molecule has 0 radical (unpaired) electrons. The van der Waals surface area contributed by atoms with Crippen molar-refractivity contribution in [1.29, 1.82) is 0 Å². The van der Waals surface area contributed by atoms with Gasteiger partial charge in [-0.25, -0.2) is 0 Å². The third-order valence-electron chi connectivity index (χ3n) is 1.10. The smallest absolute Gasteiger partial charge is 0.0243 e. The molecule has 44 valence electrons. The van der Waals surface area contributed by atoms with Gasteiger partial charge in [-0.05, 0) is 24.8 Å². The van der Waals surface area contributed by atoms with Crippen LogP contribution in [0.4, 0.5) is 0 Å². The highest BCUT2D eigenvalue weighted by Gasteiger charge is 1.98. The average Bonchev–Trinajstić information content (AvgIpc) is 1.77. The minimum absolute atomic E-state index is 0.679. The predicted octanol–water partition coefficient (Wildman–Crippen LogP) is 2.58. The van der Waals surface area contributed by atoms with E-state index in [0.29, 0.717) is 5.25 Å². The summed E-state index contributed by atoms with van der Waals surface area (Å²) in [6.07, 6.45) is 4.39. The summed E-state index contributed by atoms with van der Waals surface area (Å²) in [7, 11) is 0. The molecule has 0 aromatic carbocycles. The maximum Gasteiger partial charge on any atom is 0.0243 e. The molecular weight excluding hydrogens is 116 g/mol. The molecule has 8 heavy (non-hydrogen) atoms. The second-order valence-corrected chi connectivity index (χ2v) is 3.31. The Hall–Kier alpha value is -0.170. The maximum atomic E-state index is 2.22. The molecule has 1 heterocycles. The second kappa shape index (κ2) is 2.40. The van der Waals surface area contributed by atoms with Crippen molar-refractivity contribution < 1.29 is 0 Å². The lowest BCUT2D eigenvalue weighted by Crippen LogP contribution is -1.90. The highest BCUT2D eigenvalue weighted by molar-refractivity contribution is 8.02. The van der Waals surface area contributed by atoms with Crippen molar-refractivity contribution in [3.05, 3.63) is 23.1 Å². The summed E-state index contributed by atoms with van der Waals surface area (Å²) >= 11 is 1.88. The zero-order valence-electron chi connectivity index (χ0n) is 5.22. The number of hydrogen-bond acceptors (Lipinski definition) is 1. The summed E-state index contributed by atoms with van der Waals surface area (Å²) in [4.78, 5) is 0. The summed E-state index contributed by atoms with van der Waals surface area (Å²) in [5.41, 5.74) is 1.37. The van der Waals surface area contributed by atoms with Crippen LogP contribution in [-0.2, 0) is 0 Å². The fraction of sp³-hybridized carbons (Fsp3) is 0.429. The van der Waals surface area contributed by atoms with Crippen LogP contribution in [0.2, 0.25) is 0 Å². The lowest BCUT2D eigenvalue weighted by molar-refractivity contribution is 1.24. The number of hydrogen-bond donors (Lipinski definition) is 0. The minimum atomic E-state index is 0.679. The van der Waals surface area contributed by atoms with Crippen molar-refractivity contribution in [2.75, 3.05) is 0 Å². The number of rotatable bonds is 0. The molecule has 0 amide bonds. The molecule has 0 saturated heterocycles. The van der Waals surface area contributed by atoms with E-state index in [2.05, 4.69) is 31.4 Å². The maximum absolute atomic E-state index is 2.22. The van der Waals surface area contributed by atoms with E-state index in [1.807, 2.05) is 11.8 Å². The molecular formula is C7H10S. The molecule has 0 bridgehead atoms. The van der Waals surface area contributed by atoms with Gasteiger partial charge in [-0.2, -0.15) is 0 Å². The fourth-order valence-corrected chi connectivity index (χ4v) is 1.26. The molecule has 0 saturated carbocycles. The average molecular weight is 126 g/mol. The predicted molar refractivity (Wildman–Crippen MR) is 40.0 cm³/mol. The highest BCUT2D eigenvalue weighted by atomic mass is 32.2. The van der Waals surface area contributed by atoms with E-state index >= 15 is 0 Å². The molecule has 0 aliphatic carbocycles. The molecule has 0 fully saturated rings. The molecule has 0 aromatic heterocycles. The second-order valence-electron chi connectivity index (χ2n) is 2.06. The van der Waals surface area contributed by atoms with Crippen LogP contribution in [-0.4, -0.2) is 5.25 Å². The van der Waals surface area contributed by atoms with Crippen LogP contribution in [0.5, 0.6) is 0 Å². The minimum Gasteiger partial charge on any atom is -0.127 e. The number of thioether (sulfide) groups is 1. The molecule has 0 spiro atoms. The quantitative estimate of drug-likeness (QED) is 0.480. The summed E-state index contributed by atoms with van der Waals surface area (Å²) in [6.45, 7) is 4.32. The van der Waals surface area contributed by atoms with Gasteiger partial charge in [-0.1, -0.05) is 12.2 Å².